The second-order valence-electron chi connectivity index (χ2n) is 4.53. The predicted molar refractivity (Wildman–Crippen MR) is 60.8 cm³/mol. The molecule has 0 saturated heterocycles. The van der Waals surface area contributed by atoms with Crippen molar-refractivity contribution in [3.05, 3.63) is 34.6 Å². The van der Waals surface area contributed by atoms with Gasteiger partial charge in [-0.15, -0.1) is 0 Å². The first-order valence-electron chi connectivity index (χ1n) is 5.38. The lowest BCUT2D eigenvalue weighted by atomic mass is 9.94. The molecule has 0 aliphatic heterocycles. The van der Waals surface area contributed by atoms with E-state index in [9.17, 15) is 8.78 Å². The van der Waals surface area contributed by atoms with Crippen molar-refractivity contribution >= 4 is 11.6 Å². The van der Waals surface area contributed by atoms with Crippen molar-refractivity contribution in [3.63, 3.8) is 0 Å². The van der Waals surface area contributed by atoms with Crippen LogP contribution < -0.4 is 5.73 Å². The SMILES string of the molecule is NC1CCC(F)(Cc2c(F)cccc2Cl)C1. The van der Waals surface area contributed by atoms with Gasteiger partial charge < -0.3 is 5.73 Å². The minimum absolute atomic E-state index is 0.0200. The number of nitrogens with two attached hydrogens (primary N) is 1. The summed E-state index contributed by atoms with van der Waals surface area (Å²) in [4.78, 5) is 0. The first-order chi connectivity index (χ1) is 7.50. The van der Waals surface area contributed by atoms with Gasteiger partial charge in [-0.2, -0.15) is 0 Å². The van der Waals surface area contributed by atoms with Crippen LogP contribution in [0.3, 0.4) is 0 Å². The second kappa shape index (κ2) is 4.30. The Balaban J connectivity index is 2.21. The van der Waals surface area contributed by atoms with Gasteiger partial charge in [-0.25, -0.2) is 8.78 Å². The van der Waals surface area contributed by atoms with E-state index in [-0.39, 0.29) is 29.5 Å². The average molecular weight is 246 g/mol. The molecule has 16 heavy (non-hydrogen) atoms. The van der Waals surface area contributed by atoms with Gasteiger partial charge in [0.25, 0.3) is 0 Å². The van der Waals surface area contributed by atoms with E-state index in [0.717, 1.165) is 0 Å². The highest BCUT2D eigenvalue weighted by Crippen LogP contribution is 2.37. The predicted octanol–water partition coefficient (Wildman–Crippen LogP) is 3.24. The van der Waals surface area contributed by atoms with Crippen molar-refractivity contribution in [1.82, 2.24) is 0 Å². The van der Waals surface area contributed by atoms with Gasteiger partial charge in [0.15, 0.2) is 0 Å². The molecule has 2 N–H and O–H groups in total. The zero-order valence-corrected chi connectivity index (χ0v) is 9.61. The Morgan fingerprint density at radius 2 is 2.25 bits per heavy atom. The Morgan fingerprint density at radius 3 is 2.81 bits per heavy atom. The third-order valence-corrected chi connectivity index (χ3v) is 3.50. The summed E-state index contributed by atoms with van der Waals surface area (Å²) in [6, 6.07) is 4.29. The van der Waals surface area contributed by atoms with Gasteiger partial charge in [0, 0.05) is 23.0 Å². The Hall–Kier alpha value is -0.670. The van der Waals surface area contributed by atoms with Gasteiger partial charge in [0.05, 0.1) is 0 Å². The van der Waals surface area contributed by atoms with Gasteiger partial charge in [-0.05, 0) is 31.4 Å². The minimum Gasteiger partial charge on any atom is -0.328 e. The maximum Gasteiger partial charge on any atom is 0.128 e. The number of hydrogen-bond donors (Lipinski definition) is 1. The number of alkyl halides is 1. The fraction of sp³-hybridized carbons (Fsp3) is 0.500. The van der Waals surface area contributed by atoms with Crippen LogP contribution in [0.5, 0.6) is 0 Å². The maximum absolute atomic E-state index is 14.3. The molecule has 2 unspecified atom stereocenters. The first-order valence-corrected chi connectivity index (χ1v) is 5.75. The van der Waals surface area contributed by atoms with E-state index in [1.54, 1.807) is 6.07 Å². The summed E-state index contributed by atoms with van der Waals surface area (Å²) in [7, 11) is 0. The lowest BCUT2D eigenvalue weighted by Gasteiger charge is -2.20. The van der Waals surface area contributed by atoms with E-state index in [1.807, 2.05) is 0 Å². The summed E-state index contributed by atoms with van der Waals surface area (Å²) in [5.74, 6) is -0.440. The van der Waals surface area contributed by atoms with Crippen LogP contribution in [-0.4, -0.2) is 11.7 Å². The molecule has 0 radical (unpaired) electrons. The van der Waals surface area contributed by atoms with Gasteiger partial charge in [-0.1, -0.05) is 17.7 Å². The van der Waals surface area contributed by atoms with Crippen molar-refractivity contribution in [2.24, 2.45) is 5.73 Å². The molecule has 1 nitrogen and oxygen atoms in total. The van der Waals surface area contributed by atoms with E-state index in [4.69, 9.17) is 17.3 Å². The van der Waals surface area contributed by atoms with Crippen molar-refractivity contribution in [2.75, 3.05) is 0 Å². The number of rotatable bonds is 2. The monoisotopic (exact) mass is 245 g/mol. The lowest BCUT2D eigenvalue weighted by molar-refractivity contribution is 0.169. The smallest absolute Gasteiger partial charge is 0.128 e. The van der Waals surface area contributed by atoms with Crippen molar-refractivity contribution in [3.8, 4) is 0 Å². The highest BCUT2D eigenvalue weighted by Gasteiger charge is 2.38. The molecule has 0 spiro atoms. The molecule has 0 heterocycles. The zero-order chi connectivity index (χ0) is 11.8. The molecule has 2 atom stereocenters. The highest BCUT2D eigenvalue weighted by atomic mass is 35.5. The Labute approximate surface area is 98.6 Å². The second-order valence-corrected chi connectivity index (χ2v) is 4.94. The molecule has 1 aliphatic rings. The van der Waals surface area contributed by atoms with Crippen LogP contribution in [-0.2, 0) is 6.42 Å². The van der Waals surface area contributed by atoms with Gasteiger partial charge in [0.1, 0.15) is 11.5 Å². The van der Waals surface area contributed by atoms with Crippen molar-refractivity contribution in [1.29, 1.82) is 0 Å². The average Bonchev–Trinajstić information content (AvgIpc) is 2.53. The third-order valence-electron chi connectivity index (χ3n) is 3.15. The van der Waals surface area contributed by atoms with E-state index >= 15 is 0 Å². The van der Waals surface area contributed by atoms with Crippen LogP contribution in [0.15, 0.2) is 18.2 Å². The topological polar surface area (TPSA) is 26.0 Å². The van der Waals surface area contributed by atoms with Crippen molar-refractivity contribution in [2.45, 2.75) is 37.4 Å². The van der Waals surface area contributed by atoms with Crippen LogP contribution >= 0.6 is 11.6 Å². The lowest BCUT2D eigenvalue weighted by Crippen LogP contribution is -2.26. The fourth-order valence-corrected chi connectivity index (χ4v) is 2.53. The molecule has 1 saturated carbocycles. The zero-order valence-electron chi connectivity index (χ0n) is 8.85. The van der Waals surface area contributed by atoms with E-state index in [0.29, 0.717) is 12.8 Å². The quantitative estimate of drug-likeness (QED) is 0.851. The largest absolute Gasteiger partial charge is 0.328 e. The highest BCUT2D eigenvalue weighted by molar-refractivity contribution is 6.31. The maximum atomic E-state index is 14.3. The standard InChI is InChI=1S/C12H14ClF2N/c13-10-2-1-3-11(14)9(10)7-12(15)5-4-8(16)6-12/h1-3,8H,4-7,16H2. The van der Waals surface area contributed by atoms with Crippen molar-refractivity contribution < 1.29 is 8.78 Å². The molecule has 0 amide bonds. The molecular formula is C12H14ClF2N. The first kappa shape index (κ1) is 11.8. The summed E-state index contributed by atoms with van der Waals surface area (Å²) >= 11 is 5.87. The number of benzene rings is 1. The molecule has 0 aromatic heterocycles. The van der Waals surface area contributed by atoms with Crippen LogP contribution in [0, 0.1) is 5.82 Å². The van der Waals surface area contributed by atoms with Gasteiger partial charge in [-0.3, -0.25) is 0 Å². The normalized spacial score (nSPS) is 29.6. The Morgan fingerprint density at radius 1 is 1.50 bits per heavy atom. The van der Waals surface area contributed by atoms with Gasteiger partial charge in [0.2, 0.25) is 0 Å². The van der Waals surface area contributed by atoms with Crippen LogP contribution in [0.25, 0.3) is 0 Å². The molecule has 1 aromatic rings. The molecule has 2 rings (SSSR count). The summed E-state index contributed by atoms with van der Waals surface area (Å²) in [6.45, 7) is 0. The van der Waals surface area contributed by atoms with Gasteiger partial charge >= 0.3 is 0 Å². The Bertz CT molecular complexity index is 376. The third kappa shape index (κ3) is 2.36. The number of hydrogen-bond acceptors (Lipinski definition) is 1. The summed E-state index contributed by atoms with van der Waals surface area (Å²) < 4.78 is 27.8. The molecule has 1 fully saturated rings. The molecule has 88 valence electrons. The molecule has 1 aromatic carbocycles. The number of halogens is 3. The Kier molecular flexibility index (Phi) is 3.17. The minimum atomic E-state index is -1.40. The van der Waals surface area contributed by atoms with E-state index in [1.165, 1.54) is 12.1 Å². The summed E-state index contributed by atoms with van der Waals surface area (Å²) in [5.41, 5.74) is 4.54. The summed E-state index contributed by atoms with van der Waals surface area (Å²) in [6.07, 6.45) is 1.35. The van der Waals surface area contributed by atoms with Crippen LogP contribution in [0.4, 0.5) is 8.78 Å². The molecular weight excluding hydrogens is 232 g/mol. The van der Waals surface area contributed by atoms with E-state index in [2.05, 4.69) is 0 Å². The summed E-state index contributed by atoms with van der Waals surface area (Å²) in [5, 5.41) is 0.289. The molecule has 4 heteroatoms. The van der Waals surface area contributed by atoms with Crippen LogP contribution in [0.1, 0.15) is 24.8 Å². The fourth-order valence-electron chi connectivity index (χ4n) is 2.30. The molecule has 0 bridgehead atoms. The molecule has 1 aliphatic carbocycles. The van der Waals surface area contributed by atoms with E-state index < -0.39 is 11.5 Å². The van der Waals surface area contributed by atoms with Crippen LogP contribution in [0.2, 0.25) is 5.02 Å².